The summed E-state index contributed by atoms with van der Waals surface area (Å²) < 4.78 is 5.33. The molecule has 0 atom stereocenters. The Morgan fingerprint density at radius 2 is 1.83 bits per heavy atom. The van der Waals surface area contributed by atoms with Crippen molar-refractivity contribution >= 4 is 17.5 Å². The number of anilines is 1. The van der Waals surface area contributed by atoms with E-state index in [4.69, 9.17) is 4.74 Å². The maximum atomic E-state index is 12.0. The van der Waals surface area contributed by atoms with Crippen LogP contribution in [0.2, 0.25) is 0 Å². The number of carbonyl (C=O) groups excluding carboxylic acids is 2. The summed E-state index contributed by atoms with van der Waals surface area (Å²) in [5, 5.41) is 5.32. The van der Waals surface area contributed by atoms with E-state index in [1.54, 1.807) is 36.4 Å². The van der Waals surface area contributed by atoms with Crippen molar-refractivity contribution in [3.8, 4) is 5.75 Å². The molecule has 0 saturated heterocycles. The quantitative estimate of drug-likeness (QED) is 0.862. The molecule has 0 aromatic heterocycles. The standard InChI is InChI=1S/C18H20N2O3/c1-3-23-16-9-7-15(8-10-16)20-17(21)12-19-18(22)14-6-4-5-13(2)11-14/h4-11H,3,12H2,1-2H3,(H,19,22)(H,20,21). The molecule has 5 nitrogen and oxygen atoms in total. The number of ether oxygens (including phenoxy) is 1. The van der Waals surface area contributed by atoms with Crippen LogP contribution in [0.5, 0.6) is 5.75 Å². The Morgan fingerprint density at radius 1 is 1.09 bits per heavy atom. The number of benzene rings is 2. The van der Waals surface area contributed by atoms with Crippen LogP contribution in [0.4, 0.5) is 5.69 Å². The highest BCUT2D eigenvalue weighted by Gasteiger charge is 2.08. The van der Waals surface area contributed by atoms with Crippen molar-refractivity contribution in [1.82, 2.24) is 5.32 Å². The van der Waals surface area contributed by atoms with Gasteiger partial charge in [0.15, 0.2) is 0 Å². The summed E-state index contributed by atoms with van der Waals surface area (Å²) >= 11 is 0. The van der Waals surface area contributed by atoms with Crippen molar-refractivity contribution in [3.05, 3.63) is 59.7 Å². The fraction of sp³-hybridized carbons (Fsp3) is 0.222. The Hall–Kier alpha value is -2.82. The number of amides is 2. The molecule has 0 spiro atoms. The smallest absolute Gasteiger partial charge is 0.251 e. The molecular weight excluding hydrogens is 292 g/mol. The van der Waals surface area contributed by atoms with Crippen LogP contribution in [-0.4, -0.2) is 25.0 Å². The van der Waals surface area contributed by atoms with E-state index in [2.05, 4.69) is 10.6 Å². The zero-order chi connectivity index (χ0) is 16.7. The van der Waals surface area contributed by atoms with Crippen LogP contribution in [0.1, 0.15) is 22.8 Å². The third-order valence-corrected chi connectivity index (χ3v) is 3.14. The van der Waals surface area contributed by atoms with Crippen LogP contribution in [0.15, 0.2) is 48.5 Å². The summed E-state index contributed by atoms with van der Waals surface area (Å²) in [5.41, 5.74) is 2.19. The van der Waals surface area contributed by atoms with Crippen LogP contribution in [-0.2, 0) is 4.79 Å². The fourth-order valence-corrected chi connectivity index (χ4v) is 2.06. The van der Waals surface area contributed by atoms with Gasteiger partial charge in [0.2, 0.25) is 5.91 Å². The molecular formula is C18H20N2O3. The lowest BCUT2D eigenvalue weighted by Gasteiger charge is -2.08. The van der Waals surface area contributed by atoms with E-state index in [9.17, 15) is 9.59 Å². The summed E-state index contributed by atoms with van der Waals surface area (Å²) in [5.74, 6) is 0.198. The van der Waals surface area contributed by atoms with E-state index >= 15 is 0 Å². The Bertz CT molecular complexity index is 681. The average Bonchev–Trinajstić information content (AvgIpc) is 2.55. The third-order valence-electron chi connectivity index (χ3n) is 3.14. The van der Waals surface area contributed by atoms with Gasteiger partial charge in [0.25, 0.3) is 5.91 Å². The molecule has 0 fully saturated rings. The lowest BCUT2D eigenvalue weighted by molar-refractivity contribution is -0.115. The van der Waals surface area contributed by atoms with Crippen LogP contribution in [0.3, 0.4) is 0 Å². The first-order valence-corrected chi connectivity index (χ1v) is 7.46. The van der Waals surface area contributed by atoms with Crippen LogP contribution in [0.25, 0.3) is 0 Å². The number of rotatable bonds is 6. The van der Waals surface area contributed by atoms with Crippen LogP contribution < -0.4 is 15.4 Å². The summed E-state index contributed by atoms with van der Waals surface area (Å²) in [7, 11) is 0. The minimum Gasteiger partial charge on any atom is -0.494 e. The average molecular weight is 312 g/mol. The first-order chi connectivity index (χ1) is 11.1. The second kappa shape index (κ2) is 7.98. The molecule has 0 aliphatic heterocycles. The van der Waals surface area contributed by atoms with Gasteiger partial charge in [-0.1, -0.05) is 17.7 Å². The summed E-state index contributed by atoms with van der Waals surface area (Å²) in [6.07, 6.45) is 0. The first kappa shape index (κ1) is 16.5. The van der Waals surface area contributed by atoms with E-state index in [1.165, 1.54) is 0 Å². The predicted molar refractivity (Wildman–Crippen MR) is 89.8 cm³/mol. The molecule has 0 bridgehead atoms. The van der Waals surface area contributed by atoms with Gasteiger partial charge in [0, 0.05) is 11.3 Å². The summed E-state index contributed by atoms with van der Waals surface area (Å²) in [6.45, 7) is 4.33. The monoisotopic (exact) mass is 312 g/mol. The zero-order valence-electron chi connectivity index (χ0n) is 13.3. The summed E-state index contributed by atoms with van der Waals surface area (Å²) in [4.78, 5) is 23.8. The third kappa shape index (κ3) is 5.14. The van der Waals surface area contributed by atoms with Crippen molar-refractivity contribution in [3.63, 3.8) is 0 Å². The van der Waals surface area contributed by atoms with Gasteiger partial charge in [-0.05, 0) is 50.2 Å². The second-order valence-electron chi connectivity index (χ2n) is 5.06. The van der Waals surface area contributed by atoms with Crippen molar-refractivity contribution in [2.75, 3.05) is 18.5 Å². The van der Waals surface area contributed by atoms with Crippen LogP contribution in [0, 0.1) is 6.92 Å². The van der Waals surface area contributed by atoms with Crippen LogP contribution >= 0.6 is 0 Å². The molecule has 0 aliphatic rings. The molecule has 2 amide bonds. The molecule has 0 unspecified atom stereocenters. The van der Waals surface area contributed by atoms with E-state index in [0.717, 1.165) is 11.3 Å². The van der Waals surface area contributed by atoms with Gasteiger partial charge in [0.1, 0.15) is 5.75 Å². The molecule has 120 valence electrons. The fourth-order valence-electron chi connectivity index (χ4n) is 2.06. The molecule has 0 heterocycles. The predicted octanol–water partition coefficient (Wildman–Crippen LogP) is 2.76. The van der Waals surface area contributed by atoms with E-state index in [-0.39, 0.29) is 18.4 Å². The number of carbonyl (C=O) groups is 2. The number of aryl methyl sites for hydroxylation is 1. The topological polar surface area (TPSA) is 67.4 Å². The molecule has 2 N–H and O–H groups in total. The number of hydrogen-bond donors (Lipinski definition) is 2. The maximum Gasteiger partial charge on any atom is 0.251 e. The molecule has 0 saturated carbocycles. The molecule has 5 heteroatoms. The lowest BCUT2D eigenvalue weighted by Crippen LogP contribution is -2.32. The van der Waals surface area contributed by atoms with Gasteiger partial charge in [-0.15, -0.1) is 0 Å². The first-order valence-electron chi connectivity index (χ1n) is 7.46. The molecule has 2 aromatic rings. The van der Waals surface area contributed by atoms with Gasteiger partial charge in [0.05, 0.1) is 13.2 Å². The molecule has 2 rings (SSSR count). The highest BCUT2D eigenvalue weighted by molar-refractivity contribution is 5.99. The van der Waals surface area contributed by atoms with Gasteiger partial charge in [-0.2, -0.15) is 0 Å². The van der Waals surface area contributed by atoms with E-state index < -0.39 is 0 Å². The van der Waals surface area contributed by atoms with Crippen molar-refractivity contribution in [2.24, 2.45) is 0 Å². The number of nitrogens with one attached hydrogen (secondary N) is 2. The van der Waals surface area contributed by atoms with Crippen molar-refractivity contribution < 1.29 is 14.3 Å². The SMILES string of the molecule is CCOc1ccc(NC(=O)CNC(=O)c2cccc(C)c2)cc1. The number of hydrogen-bond acceptors (Lipinski definition) is 3. The Kier molecular flexibility index (Phi) is 5.74. The Labute approximate surface area is 135 Å². The highest BCUT2D eigenvalue weighted by Crippen LogP contribution is 2.15. The minimum absolute atomic E-state index is 0.0833. The maximum absolute atomic E-state index is 12.0. The normalized spacial score (nSPS) is 10.0. The minimum atomic E-state index is -0.282. The molecule has 0 radical (unpaired) electrons. The van der Waals surface area contributed by atoms with E-state index in [1.807, 2.05) is 26.0 Å². The lowest BCUT2D eigenvalue weighted by atomic mass is 10.1. The largest absolute Gasteiger partial charge is 0.494 e. The van der Waals surface area contributed by atoms with Crippen molar-refractivity contribution in [1.29, 1.82) is 0 Å². The van der Waals surface area contributed by atoms with Gasteiger partial charge in [-0.3, -0.25) is 9.59 Å². The Morgan fingerprint density at radius 3 is 2.48 bits per heavy atom. The molecule has 2 aromatic carbocycles. The highest BCUT2D eigenvalue weighted by atomic mass is 16.5. The van der Waals surface area contributed by atoms with E-state index in [0.29, 0.717) is 17.9 Å². The van der Waals surface area contributed by atoms with Crippen molar-refractivity contribution in [2.45, 2.75) is 13.8 Å². The second-order valence-corrected chi connectivity index (χ2v) is 5.06. The van der Waals surface area contributed by atoms with Gasteiger partial charge in [-0.25, -0.2) is 0 Å². The molecule has 23 heavy (non-hydrogen) atoms. The zero-order valence-corrected chi connectivity index (χ0v) is 13.3. The molecule has 0 aliphatic carbocycles. The van der Waals surface area contributed by atoms with Gasteiger partial charge >= 0.3 is 0 Å². The van der Waals surface area contributed by atoms with Gasteiger partial charge < -0.3 is 15.4 Å². The summed E-state index contributed by atoms with van der Waals surface area (Å²) in [6, 6.07) is 14.3. The Balaban J connectivity index is 1.84.